The second-order valence-corrected chi connectivity index (χ2v) is 10.9. The highest BCUT2D eigenvalue weighted by molar-refractivity contribution is 5.94. The van der Waals surface area contributed by atoms with E-state index in [0.717, 1.165) is 74.5 Å². The number of hydrogen-bond acceptors (Lipinski definition) is 6. The molecule has 1 saturated heterocycles. The predicted octanol–water partition coefficient (Wildman–Crippen LogP) is 4.17. The lowest BCUT2D eigenvalue weighted by Crippen LogP contribution is -2.46. The topological polar surface area (TPSA) is 78.4 Å². The largest absolute Gasteiger partial charge is 0.356 e. The lowest BCUT2D eigenvalue weighted by Gasteiger charge is -2.37. The third-order valence-corrected chi connectivity index (χ3v) is 8.41. The zero-order valence-corrected chi connectivity index (χ0v) is 21.9. The van der Waals surface area contributed by atoms with Crippen molar-refractivity contribution in [1.29, 1.82) is 0 Å². The molecule has 2 fully saturated rings. The molecular formula is C29H39N5O2. The number of nitrogens with zero attached hydrogens (tertiary/aromatic N) is 4. The van der Waals surface area contributed by atoms with Gasteiger partial charge >= 0.3 is 0 Å². The average molecular weight is 490 g/mol. The van der Waals surface area contributed by atoms with Crippen molar-refractivity contribution in [1.82, 2.24) is 20.2 Å². The number of piperidine rings is 1. The van der Waals surface area contributed by atoms with E-state index in [1.165, 1.54) is 24.0 Å². The minimum absolute atomic E-state index is 0.0812. The van der Waals surface area contributed by atoms with Gasteiger partial charge in [-0.3, -0.25) is 9.59 Å². The summed E-state index contributed by atoms with van der Waals surface area (Å²) in [6.45, 7) is 6.13. The fraction of sp³-hybridized carbons (Fsp3) is 0.586. The summed E-state index contributed by atoms with van der Waals surface area (Å²) in [7, 11) is 1.94. The van der Waals surface area contributed by atoms with Crippen molar-refractivity contribution in [3.05, 3.63) is 52.5 Å². The molecule has 2 heterocycles. The van der Waals surface area contributed by atoms with Crippen molar-refractivity contribution >= 4 is 17.5 Å². The van der Waals surface area contributed by atoms with E-state index < -0.39 is 0 Å². The Labute approximate surface area is 214 Å². The molecule has 1 amide bonds. The van der Waals surface area contributed by atoms with E-state index in [2.05, 4.69) is 32.3 Å². The van der Waals surface area contributed by atoms with Crippen molar-refractivity contribution in [2.24, 2.45) is 5.92 Å². The number of Topliss-reactive ketones (excluding diaryl/α,β-unsaturated/α-hetero) is 1. The molecular weight excluding hydrogens is 450 g/mol. The highest BCUT2D eigenvalue weighted by Gasteiger charge is 2.30. The van der Waals surface area contributed by atoms with Gasteiger partial charge in [-0.1, -0.05) is 18.9 Å². The number of anilines is 1. The van der Waals surface area contributed by atoms with Crippen LogP contribution in [0.5, 0.6) is 0 Å². The van der Waals surface area contributed by atoms with E-state index in [9.17, 15) is 9.59 Å². The van der Waals surface area contributed by atoms with Gasteiger partial charge in [0.05, 0.1) is 6.54 Å². The van der Waals surface area contributed by atoms with Crippen LogP contribution in [0.15, 0.2) is 24.3 Å². The molecule has 36 heavy (non-hydrogen) atoms. The first-order chi connectivity index (χ1) is 17.4. The number of hydrogen-bond donors (Lipinski definition) is 1. The first kappa shape index (κ1) is 24.9. The average Bonchev–Trinajstić information content (AvgIpc) is 3.56. The van der Waals surface area contributed by atoms with Gasteiger partial charge in [0, 0.05) is 55.5 Å². The summed E-state index contributed by atoms with van der Waals surface area (Å²) >= 11 is 0. The standard InChI is InChI=1S/C29H39N5O2/c1-19-16-28(32-20(2)31-19)34-14-12-24(13-15-34)33(3)29(36)23-9-8-21-10-11-26(25(21)17-23)30-18-27(35)22-6-4-5-7-22/h8-9,16-17,22,24,26,30H,4-7,10-15,18H2,1-3H3/t26-/m1/s1. The summed E-state index contributed by atoms with van der Waals surface area (Å²) in [5.74, 6) is 2.46. The van der Waals surface area contributed by atoms with Crippen molar-refractivity contribution in [3.63, 3.8) is 0 Å². The van der Waals surface area contributed by atoms with Crippen LogP contribution in [0.3, 0.4) is 0 Å². The van der Waals surface area contributed by atoms with Gasteiger partial charge in [0.1, 0.15) is 17.4 Å². The molecule has 1 saturated carbocycles. The van der Waals surface area contributed by atoms with Crippen molar-refractivity contribution in [2.75, 3.05) is 31.6 Å². The number of aryl methyl sites for hydroxylation is 3. The van der Waals surface area contributed by atoms with Gasteiger partial charge < -0.3 is 15.1 Å². The minimum Gasteiger partial charge on any atom is -0.356 e. The Hall–Kier alpha value is -2.80. The summed E-state index contributed by atoms with van der Waals surface area (Å²) in [6, 6.07) is 8.57. The molecule has 5 rings (SSSR count). The van der Waals surface area contributed by atoms with Crippen LogP contribution in [0, 0.1) is 19.8 Å². The van der Waals surface area contributed by atoms with E-state index in [0.29, 0.717) is 12.3 Å². The fourth-order valence-electron chi connectivity index (χ4n) is 6.27. The molecule has 2 aliphatic carbocycles. The van der Waals surface area contributed by atoms with Gasteiger partial charge in [-0.2, -0.15) is 0 Å². The highest BCUT2D eigenvalue weighted by Crippen LogP contribution is 2.33. The second kappa shape index (κ2) is 10.7. The Balaban J connectivity index is 1.19. The molecule has 1 aromatic heterocycles. The minimum atomic E-state index is 0.0812. The van der Waals surface area contributed by atoms with Crippen LogP contribution in [0.25, 0.3) is 0 Å². The lowest BCUT2D eigenvalue weighted by molar-refractivity contribution is -0.121. The summed E-state index contributed by atoms with van der Waals surface area (Å²) < 4.78 is 0. The molecule has 7 nitrogen and oxygen atoms in total. The van der Waals surface area contributed by atoms with E-state index in [1.54, 1.807) is 0 Å². The molecule has 2 aromatic rings. The van der Waals surface area contributed by atoms with Crippen LogP contribution in [0.2, 0.25) is 0 Å². The number of benzene rings is 1. The first-order valence-electron chi connectivity index (χ1n) is 13.6. The Morgan fingerprint density at radius 1 is 1.03 bits per heavy atom. The second-order valence-electron chi connectivity index (χ2n) is 10.9. The van der Waals surface area contributed by atoms with Gasteiger partial charge in [-0.25, -0.2) is 9.97 Å². The van der Waals surface area contributed by atoms with Gasteiger partial charge in [-0.05, 0) is 75.6 Å². The maximum atomic E-state index is 13.4. The molecule has 192 valence electrons. The monoisotopic (exact) mass is 489 g/mol. The maximum absolute atomic E-state index is 13.4. The smallest absolute Gasteiger partial charge is 0.253 e. The molecule has 0 bridgehead atoms. The van der Waals surface area contributed by atoms with Crippen LogP contribution in [0.1, 0.15) is 84.0 Å². The van der Waals surface area contributed by atoms with Crippen LogP contribution in [-0.2, 0) is 11.2 Å². The van der Waals surface area contributed by atoms with Gasteiger partial charge in [0.25, 0.3) is 5.91 Å². The molecule has 1 atom stereocenters. The fourth-order valence-corrected chi connectivity index (χ4v) is 6.27. The van der Waals surface area contributed by atoms with Crippen LogP contribution in [-0.4, -0.2) is 59.3 Å². The molecule has 1 N–H and O–H groups in total. The summed E-state index contributed by atoms with van der Waals surface area (Å²) in [4.78, 5) is 39.2. The molecule has 0 radical (unpaired) electrons. The molecule has 0 unspecified atom stereocenters. The Morgan fingerprint density at radius 2 is 1.78 bits per heavy atom. The van der Waals surface area contributed by atoms with Gasteiger partial charge in [0.15, 0.2) is 0 Å². The molecule has 1 aromatic carbocycles. The Bertz CT molecular complexity index is 1100. The summed E-state index contributed by atoms with van der Waals surface area (Å²) in [6.07, 6.45) is 8.28. The number of carbonyl (C=O) groups is 2. The Morgan fingerprint density at radius 3 is 2.50 bits per heavy atom. The third-order valence-electron chi connectivity index (χ3n) is 8.41. The third kappa shape index (κ3) is 5.31. The van der Waals surface area contributed by atoms with Gasteiger partial charge in [-0.15, -0.1) is 0 Å². The summed E-state index contributed by atoms with van der Waals surface area (Å²) in [5, 5.41) is 3.51. The van der Waals surface area contributed by atoms with Crippen molar-refractivity contribution in [3.8, 4) is 0 Å². The normalized spacial score (nSPS) is 20.5. The van der Waals surface area contributed by atoms with E-state index in [-0.39, 0.29) is 23.9 Å². The zero-order chi connectivity index (χ0) is 25.2. The Kier molecular flexibility index (Phi) is 7.37. The lowest BCUT2D eigenvalue weighted by atomic mass is 9.99. The number of nitrogens with one attached hydrogen (secondary N) is 1. The number of aromatic nitrogens is 2. The summed E-state index contributed by atoms with van der Waals surface area (Å²) in [5.41, 5.74) is 4.22. The molecule has 3 aliphatic rings. The van der Waals surface area contributed by atoms with E-state index in [1.807, 2.05) is 37.9 Å². The van der Waals surface area contributed by atoms with Crippen LogP contribution < -0.4 is 10.2 Å². The van der Waals surface area contributed by atoms with Crippen molar-refractivity contribution in [2.45, 2.75) is 77.3 Å². The SMILES string of the molecule is Cc1cc(N2CCC(N(C)C(=O)c3ccc4c(c3)[C@H](NCC(=O)C3CCCC3)CC4)CC2)nc(C)n1. The first-order valence-corrected chi connectivity index (χ1v) is 13.6. The maximum Gasteiger partial charge on any atom is 0.253 e. The van der Waals surface area contributed by atoms with Crippen LogP contribution >= 0.6 is 0 Å². The molecule has 7 heteroatoms. The van der Waals surface area contributed by atoms with Gasteiger partial charge in [0.2, 0.25) is 0 Å². The predicted molar refractivity (Wildman–Crippen MR) is 141 cm³/mol. The molecule has 1 aliphatic heterocycles. The van der Waals surface area contributed by atoms with E-state index >= 15 is 0 Å². The van der Waals surface area contributed by atoms with E-state index in [4.69, 9.17) is 0 Å². The number of ketones is 1. The zero-order valence-electron chi connectivity index (χ0n) is 21.9. The molecule has 0 spiro atoms. The highest BCUT2D eigenvalue weighted by atomic mass is 16.2. The number of fused-ring (bicyclic) bond motifs is 1. The van der Waals surface area contributed by atoms with Crippen LogP contribution in [0.4, 0.5) is 5.82 Å². The van der Waals surface area contributed by atoms with Crippen molar-refractivity contribution < 1.29 is 9.59 Å². The number of amides is 1. The quantitative estimate of drug-likeness (QED) is 0.629. The number of carbonyl (C=O) groups excluding carboxylic acids is 2. The number of rotatable bonds is 7.